The molecule has 0 aliphatic heterocycles. The zero-order valence-corrected chi connectivity index (χ0v) is 12.8. The van der Waals surface area contributed by atoms with Crippen LogP contribution in [0.1, 0.15) is 28.4 Å². The predicted molar refractivity (Wildman–Crippen MR) is 81.0 cm³/mol. The highest BCUT2D eigenvalue weighted by Gasteiger charge is 2.28. The fourth-order valence-electron chi connectivity index (χ4n) is 2.46. The van der Waals surface area contributed by atoms with Gasteiger partial charge in [-0.25, -0.2) is 8.78 Å². The third kappa shape index (κ3) is 3.35. The number of aliphatic hydroxyl groups excluding tert-OH is 1. The molecule has 0 aliphatic carbocycles. The van der Waals surface area contributed by atoms with Gasteiger partial charge in [0.1, 0.15) is 0 Å². The minimum absolute atomic E-state index is 0.170. The van der Waals surface area contributed by atoms with E-state index < -0.39 is 40.7 Å². The maximum atomic E-state index is 14.0. The molecule has 24 heavy (non-hydrogen) atoms. The largest absolute Gasteiger partial charge is 0.503 e. The van der Waals surface area contributed by atoms with Gasteiger partial charge in [0.2, 0.25) is 5.82 Å². The molecule has 0 saturated heterocycles. The Bertz CT molecular complexity index is 738. The Labute approximate surface area is 136 Å². The van der Waals surface area contributed by atoms with Crippen molar-refractivity contribution in [2.45, 2.75) is 12.5 Å². The molecule has 7 heteroatoms. The normalized spacial score (nSPS) is 12.0. The monoisotopic (exact) mass is 339 g/mol. The molecule has 4 nitrogen and oxygen atoms in total. The molecule has 0 spiro atoms. The molecule has 128 valence electrons. The van der Waals surface area contributed by atoms with Gasteiger partial charge in [-0.3, -0.25) is 4.79 Å². The lowest BCUT2D eigenvalue weighted by Crippen LogP contribution is -2.32. The molecule has 2 aromatic rings. The van der Waals surface area contributed by atoms with Gasteiger partial charge in [0, 0.05) is 13.7 Å². The molecule has 2 aromatic carbocycles. The molecule has 2 rings (SSSR count). The van der Waals surface area contributed by atoms with Crippen molar-refractivity contribution in [1.82, 2.24) is 4.90 Å². The van der Waals surface area contributed by atoms with Crippen LogP contribution in [0.3, 0.4) is 0 Å². The SMILES string of the molecule is CN(C(=O)c1cc(F)c(F)c(O)c1F)[C@H](CCO)c1ccccc1. The summed E-state index contributed by atoms with van der Waals surface area (Å²) in [5.41, 5.74) is -0.0950. The van der Waals surface area contributed by atoms with Crippen molar-refractivity contribution in [3.8, 4) is 5.75 Å². The summed E-state index contributed by atoms with van der Waals surface area (Å²) in [6.07, 6.45) is 0.170. The summed E-state index contributed by atoms with van der Waals surface area (Å²) in [6, 6.07) is 8.51. The minimum atomic E-state index is -1.75. The highest BCUT2D eigenvalue weighted by molar-refractivity contribution is 5.95. The molecule has 0 heterocycles. The van der Waals surface area contributed by atoms with E-state index in [1.165, 1.54) is 7.05 Å². The number of hydrogen-bond donors (Lipinski definition) is 2. The molecule has 0 bridgehead atoms. The van der Waals surface area contributed by atoms with Gasteiger partial charge >= 0.3 is 0 Å². The summed E-state index contributed by atoms with van der Waals surface area (Å²) in [6.45, 7) is -0.233. The highest BCUT2D eigenvalue weighted by atomic mass is 19.2. The quantitative estimate of drug-likeness (QED) is 0.823. The summed E-state index contributed by atoms with van der Waals surface area (Å²) in [5, 5.41) is 18.5. The van der Waals surface area contributed by atoms with Crippen LogP contribution in [-0.4, -0.2) is 34.7 Å². The Morgan fingerprint density at radius 2 is 1.79 bits per heavy atom. The van der Waals surface area contributed by atoms with Crippen LogP contribution >= 0.6 is 0 Å². The van der Waals surface area contributed by atoms with Crippen LogP contribution in [0.2, 0.25) is 0 Å². The fourth-order valence-corrected chi connectivity index (χ4v) is 2.46. The van der Waals surface area contributed by atoms with Gasteiger partial charge in [-0.1, -0.05) is 30.3 Å². The lowest BCUT2D eigenvalue weighted by Gasteiger charge is -2.28. The van der Waals surface area contributed by atoms with Crippen molar-refractivity contribution in [3.05, 3.63) is 65.0 Å². The Morgan fingerprint density at radius 3 is 2.38 bits per heavy atom. The van der Waals surface area contributed by atoms with Crippen molar-refractivity contribution >= 4 is 5.91 Å². The number of amides is 1. The first-order valence-corrected chi connectivity index (χ1v) is 7.17. The smallest absolute Gasteiger partial charge is 0.257 e. The third-order valence-electron chi connectivity index (χ3n) is 3.74. The van der Waals surface area contributed by atoms with Crippen molar-refractivity contribution in [3.63, 3.8) is 0 Å². The van der Waals surface area contributed by atoms with Crippen LogP contribution in [0, 0.1) is 17.5 Å². The van der Waals surface area contributed by atoms with Gasteiger partial charge in [0.25, 0.3) is 5.91 Å². The molecule has 1 amide bonds. The van der Waals surface area contributed by atoms with Gasteiger partial charge in [-0.2, -0.15) is 4.39 Å². The molecular weight excluding hydrogens is 323 g/mol. The maximum absolute atomic E-state index is 14.0. The lowest BCUT2D eigenvalue weighted by molar-refractivity contribution is 0.0698. The van der Waals surface area contributed by atoms with Crippen molar-refractivity contribution < 1.29 is 28.2 Å². The van der Waals surface area contributed by atoms with E-state index in [4.69, 9.17) is 0 Å². The molecule has 0 saturated carbocycles. The van der Waals surface area contributed by atoms with Crippen LogP contribution in [-0.2, 0) is 0 Å². The zero-order chi connectivity index (χ0) is 17.9. The minimum Gasteiger partial charge on any atom is -0.503 e. The van der Waals surface area contributed by atoms with E-state index in [9.17, 15) is 28.2 Å². The molecule has 2 N–H and O–H groups in total. The van der Waals surface area contributed by atoms with Crippen molar-refractivity contribution in [2.75, 3.05) is 13.7 Å². The number of phenols is 1. The second-order valence-electron chi connectivity index (χ2n) is 5.24. The van der Waals surface area contributed by atoms with Crippen LogP contribution < -0.4 is 0 Å². The number of carbonyl (C=O) groups is 1. The van der Waals surface area contributed by atoms with E-state index in [-0.39, 0.29) is 13.0 Å². The number of aromatic hydroxyl groups is 1. The molecule has 0 unspecified atom stereocenters. The molecule has 0 radical (unpaired) electrons. The summed E-state index contributed by atoms with van der Waals surface area (Å²) in [7, 11) is 1.35. The Hall–Kier alpha value is -2.54. The molecule has 0 fully saturated rings. The third-order valence-corrected chi connectivity index (χ3v) is 3.74. The van der Waals surface area contributed by atoms with Crippen LogP contribution in [0.15, 0.2) is 36.4 Å². The second kappa shape index (κ2) is 7.35. The molecule has 0 aromatic heterocycles. The van der Waals surface area contributed by atoms with Gasteiger partial charge in [0.05, 0.1) is 11.6 Å². The Kier molecular flexibility index (Phi) is 5.46. The van der Waals surface area contributed by atoms with E-state index in [1.54, 1.807) is 30.3 Å². The lowest BCUT2D eigenvalue weighted by atomic mass is 10.0. The highest BCUT2D eigenvalue weighted by Crippen LogP contribution is 2.29. The van der Waals surface area contributed by atoms with Crippen molar-refractivity contribution in [2.24, 2.45) is 0 Å². The number of nitrogens with zero attached hydrogens (tertiary/aromatic N) is 1. The summed E-state index contributed by atoms with van der Waals surface area (Å²) < 4.78 is 40.5. The average Bonchev–Trinajstić information content (AvgIpc) is 2.60. The first-order valence-electron chi connectivity index (χ1n) is 7.17. The fraction of sp³-hybridized carbons (Fsp3) is 0.235. The topological polar surface area (TPSA) is 60.8 Å². The number of benzene rings is 2. The Balaban J connectivity index is 2.41. The zero-order valence-electron chi connectivity index (χ0n) is 12.8. The maximum Gasteiger partial charge on any atom is 0.257 e. The molecule has 1 atom stereocenters. The van der Waals surface area contributed by atoms with Crippen LogP contribution in [0.5, 0.6) is 5.75 Å². The van der Waals surface area contributed by atoms with Crippen LogP contribution in [0.25, 0.3) is 0 Å². The standard InChI is InChI=1S/C17H16F3NO3/c1-21(13(7-8-22)10-5-3-2-4-6-10)17(24)11-9-12(18)15(20)16(23)14(11)19/h2-6,9,13,22-23H,7-8H2,1H3/t13-/m1/s1. The average molecular weight is 339 g/mol. The van der Waals surface area contributed by atoms with E-state index in [2.05, 4.69) is 0 Å². The summed E-state index contributed by atoms with van der Waals surface area (Å²) in [5.74, 6) is -7.28. The van der Waals surface area contributed by atoms with Crippen LogP contribution in [0.4, 0.5) is 13.2 Å². The predicted octanol–water partition coefficient (Wildman–Crippen LogP) is 3.01. The van der Waals surface area contributed by atoms with E-state index >= 15 is 0 Å². The first-order chi connectivity index (χ1) is 11.4. The number of hydrogen-bond acceptors (Lipinski definition) is 3. The Morgan fingerprint density at radius 1 is 1.17 bits per heavy atom. The second-order valence-corrected chi connectivity index (χ2v) is 5.24. The van der Waals surface area contributed by atoms with E-state index in [0.29, 0.717) is 11.6 Å². The number of phenolic OH excluding ortho intramolecular Hbond substituents is 1. The van der Waals surface area contributed by atoms with Gasteiger partial charge in [-0.05, 0) is 18.1 Å². The number of rotatable bonds is 5. The number of halogens is 3. The number of carbonyl (C=O) groups excluding carboxylic acids is 1. The van der Waals surface area contributed by atoms with E-state index in [1.807, 2.05) is 0 Å². The van der Waals surface area contributed by atoms with Gasteiger partial charge < -0.3 is 15.1 Å². The summed E-state index contributed by atoms with van der Waals surface area (Å²) in [4.78, 5) is 13.6. The molecular formula is C17H16F3NO3. The van der Waals surface area contributed by atoms with Gasteiger partial charge in [-0.15, -0.1) is 0 Å². The van der Waals surface area contributed by atoms with Gasteiger partial charge in [0.15, 0.2) is 17.4 Å². The van der Waals surface area contributed by atoms with E-state index in [0.717, 1.165) is 4.90 Å². The number of aliphatic hydroxyl groups is 1. The molecule has 0 aliphatic rings. The summed E-state index contributed by atoms with van der Waals surface area (Å²) >= 11 is 0. The van der Waals surface area contributed by atoms with Crippen molar-refractivity contribution in [1.29, 1.82) is 0 Å². The first kappa shape index (κ1) is 17.8.